The summed E-state index contributed by atoms with van der Waals surface area (Å²) in [5.74, 6) is -0.859. The zero-order chi connectivity index (χ0) is 17.0. The Hall–Kier alpha value is -2.87. The summed E-state index contributed by atoms with van der Waals surface area (Å²) in [4.78, 5) is 11.4. The van der Waals surface area contributed by atoms with Gasteiger partial charge in [-0.15, -0.1) is 0 Å². The summed E-state index contributed by atoms with van der Waals surface area (Å²) in [6.07, 6.45) is 3.98. The topological polar surface area (TPSA) is 37.3 Å². The van der Waals surface area contributed by atoms with Crippen molar-refractivity contribution < 1.29 is 9.90 Å². The van der Waals surface area contributed by atoms with Crippen LogP contribution in [0.1, 0.15) is 43.7 Å². The number of fused-ring (bicyclic) bond motifs is 5. The van der Waals surface area contributed by atoms with Gasteiger partial charge < -0.3 is 5.11 Å². The van der Waals surface area contributed by atoms with Gasteiger partial charge in [-0.3, -0.25) is 0 Å². The highest BCUT2D eigenvalue weighted by atomic mass is 16.4. The van der Waals surface area contributed by atoms with E-state index >= 15 is 0 Å². The largest absolute Gasteiger partial charge is 0.478 e. The summed E-state index contributed by atoms with van der Waals surface area (Å²) in [5.41, 5.74) is 11.0. The van der Waals surface area contributed by atoms with E-state index < -0.39 is 5.97 Å². The molecule has 1 N–H and O–H groups in total. The third kappa shape index (κ3) is 2.29. The van der Waals surface area contributed by atoms with E-state index in [9.17, 15) is 9.90 Å². The van der Waals surface area contributed by atoms with Crippen LogP contribution in [0.15, 0.2) is 54.6 Å². The Labute approximate surface area is 146 Å². The van der Waals surface area contributed by atoms with Gasteiger partial charge in [0.15, 0.2) is 0 Å². The van der Waals surface area contributed by atoms with Crippen LogP contribution in [-0.2, 0) is 25.7 Å². The Kier molecular flexibility index (Phi) is 3.08. The molecule has 0 heterocycles. The van der Waals surface area contributed by atoms with E-state index in [4.69, 9.17) is 0 Å². The van der Waals surface area contributed by atoms with Gasteiger partial charge in [0.05, 0.1) is 5.56 Å². The SMILES string of the molecule is O=C(O)c1ccc2c(c1)-c1cc3c(cc1CC2)Cc1ccccc1C3. The van der Waals surface area contributed by atoms with Crippen LogP contribution in [0.4, 0.5) is 0 Å². The predicted octanol–water partition coefficient (Wildman–Crippen LogP) is 4.65. The van der Waals surface area contributed by atoms with Crippen molar-refractivity contribution >= 4 is 5.97 Å². The molecular formula is C23H18O2. The number of carbonyl (C=O) groups is 1. The van der Waals surface area contributed by atoms with Crippen LogP contribution < -0.4 is 0 Å². The molecule has 3 aromatic rings. The molecule has 2 aliphatic carbocycles. The molecule has 0 saturated carbocycles. The van der Waals surface area contributed by atoms with E-state index in [0.717, 1.165) is 31.2 Å². The summed E-state index contributed by atoms with van der Waals surface area (Å²) in [6, 6.07) is 18.9. The third-order valence-electron chi connectivity index (χ3n) is 5.62. The van der Waals surface area contributed by atoms with Crippen molar-refractivity contribution in [1.29, 1.82) is 0 Å². The fourth-order valence-electron chi connectivity index (χ4n) is 4.29. The Morgan fingerprint density at radius 3 is 2.04 bits per heavy atom. The van der Waals surface area contributed by atoms with Gasteiger partial charge in [0, 0.05) is 0 Å². The van der Waals surface area contributed by atoms with Crippen molar-refractivity contribution in [3.63, 3.8) is 0 Å². The number of hydrogen-bond donors (Lipinski definition) is 1. The number of benzene rings is 3. The smallest absolute Gasteiger partial charge is 0.335 e. The highest BCUT2D eigenvalue weighted by Crippen LogP contribution is 2.38. The molecule has 5 rings (SSSR count). The second kappa shape index (κ2) is 5.32. The second-order valence-electron chi connectivity index (χ2n) is 7.08. The molecule has 0 unspecified atom stereocenters. The van der Waals surface area contributed by atoms with Crippen LogP contribution in [0, 0.1) is 0 Å². The molecule has 0 bridgehead atoms. The van der Waals surface area contributed by atoms with Gasteiger partial charge >= 0.3 is 5.97 Å². The van der Waals surface area contributed by atoms with Crippen LogP contribution in [-0.4, -0.2) is 11.1 Å². The first-order valence-electron chi connectivity index (χ1n) is 8.77. The van der Waals surface area contributed by atoms with E-state index in [0.29, 0.717) is 5.56 Å². The van der Waals surface area contributed by atoms with E-state index in [-0.39, 0.29) is 0 Å². The van der Waals surface area contributed by atoms with Gasteiger partial charge in [0.1, 0.15) is 0 Å². The van der Waals surface area contributed by atoms with Gasteiger partial charge in [0.2, 0.25) is 0 Å². The monoisotopic (exact) mass is 326 g/mol. The van der Waals surface area contributed by atoms with Crippen molar-refractivity contribution in [1.82, 2.24) is 0 Å². The summed E-state index contributed by atoms with van der Waals surface area (Å²) in [5, 5.41) is 9.34. The van der Waals surface area contributed by atoms with E-state index in [2.05, 4.69) is 36.4 Å². The molecule has 25 heavy (non-hydrogen) atoms. The lowest BCUT2D eigenvalue weighted by atomic mass is 9.78. The zero-order valence-electron chi connectivity index (χ0n) is 13.9. The van der Waals surface area contributed by atoms with Crippen LogP contribution >= 0.6 is 0 Å². The molecule has 0 aliphatic heterocycles. The van der Waals surface area contributed by atoms with Crippen molar-refractivity contribution in [2.45, 2.75) is 25.7 Å². The van der Waals surface area contributed by atoms with Gasteiger partial charge in [0.25, 0.3) is 0 Å². The number of rotatable bonds is 1. The minimum atomic E-state index is -0.859. The molecule has 0 radical (unpaired) electrons. The van der Waals surface area contributed by atoms with Gasteiger partial charge in [-0.1, -0.05) is 42.5 Å². The number of hydrogen-bond acceptors (Lipinski definition) is 1. The fourth-order valence-corrected chi connectivity index (χ4v) is 4.29. The second-order valence-corrected chi connectivity index (χ2v) is 7.08. The Balaban J connectivity index is 1.66. The molecule has 3 aromatic carbocycles. The standard InChI is InChI=1S/C23H18O2/c24-23(25)18-8-6-14-5-7-17-11-19-9-15-3-1-2-4-16(15)10-20(19)13-22(17)21(14)12-18/h1-4,6,8,11-13H,5,7,9-10H2,(H,24,25). The molecule has 0 aromatic heterocycles. The molecule has 0 atom stereocenters. The van der Waals surface area contributed by atoms with Gasteiger partial charge in [-0.25, -0.2) is 4.79 Å². The number of carboxylic acid groups (broad SMARTS) is 1. The number of carboxylic acids is 1. The highest BCUT2D eigenvalue weighted by molar-refractivity contribution is 5.90. The number of aryl methyl sites for hydroxylation is 2. The minimum Gasteiger partial charge on any atom is -0.478 e. The minimum absolute atomic E-state index is 0.370. The number of aromatic carboxylic acids is 1. The predicted molar refractivity (Wildman–Crippen MR) is 98.3 cm³/mol. The lowest BCUT2D eigenvalue weighted by molar-refractivity contribution is 0.0697. The normalized spacial score (nSPS) is 14.1. The quantitative estimate of drug-likeness (QED) is 0.553. The van der Waals surface area contributed by atoms with Crippen molar-refractivity contribution in [2.75, 3.05) is 0 Å². The first-order valence-corrected chi connectivity index (χ1v) is 8.77. The molecule has 0 spiro atoms. The molecule has 0 amide bonds. The maximum Gasteiger partial charge on any atom is 0.335 e. The lowest BCUT2D eigenvalue weighted by Crippen LogP contribution is -2.12. The Morgan fingerprint density at radius 1 is 0.680 bits per heavy atom. The Morgan fingerprint density at radius 2 is 1.32 bits per heavy atom. The average Bonchev–Trinajstić information content (AvgIpc) is 2.64. The van der Waals surface area contributed by atoms with Crippen LogP contribution in [0.3, 0.4) is 0 Å². The maximum atomic E-state index is 11.4. The highest BCUT2D eigenvalue weighted by Gasteiger charge is 2.22. The Bertz CT molecular complexity index is 1030. The molecule has 0 fully saturated rings. The molecule has 2 heteroatoms. The summed E-state index contributed by atoms with van der Waals surface area (Å²) in [6.45, 7) is 0. The van der Waals surface area contributed by atoms with Crippen LogP contribution in [0.2, 0.25) is 0 Å². The maximum absolute atomic E-state index is 11.4. The van der Waals surface area contributed by atoms with E-state index in [1.54, 1.807) is 6.07 Å². The summed E-state index contributed by atoms with van der Waals surface area (Å²) < 4.78 is 0. The molecular weight excluding hydrogens is 308 g/mol. The fraction of sp³-hybridized carbons (Fsp3) is 0.174. The van der Waals surface area contributed by atoms with Crippen LogP contribution in [0.25, 0.3) is 11.1 Å². The van der Waals surface area contributed by atoms with Gasteiger partial charge in [-0.05, 0) is 82.3 Å². The third-order valence-corrected chi connectivity index (χ3v) is 5.62. The first kappa shape index (κ1) is 14.5. The molecule has 122 valence electrons. The molecule has 2 aliphatic rings. The van der Waals surface area contributed by atoms with E-state index in [1.165, 1.54) is 38.9 Å². The summed E-state index contributed by atoms with van der Waals surface area (Å²) in [7, 11) is 0. The van der Waals surface area contributed by atoms with Crippen molar-refractivity contribution in [3.05, 3.63) is 93.5 Å². The van der Waals surface area contributed by atoms with Crippen LogP contribution in [0.5, 0.6) is 0 Å². The zero-order valence-corrected chi connectivity index (χ0v) is 13.9. The van der Waals surface area contributed by atoms with E-state index in [1.807, 2.05) is 12.1 Å². The molecule has 2 nitrogen and oxygen atoms in total. The summed E-state index contributed by atoms with van der Waals surface area (Å²) >= 11 is 0. The average molecular weight is 326 g/mol. The first-order chi connectivity index (χ1) is 12.2. The van der Waals surface area contributed by atoms with Gasteiger partial charge in [-0.2, -0.15) is 0 Å². The van der Waals surface area contributed by atoms with Crippen molar-refractivity contribution in [2.24, 2.45) is 0 Å². The van der Waals surface area contributed by atoms with Crippen molar-refractivity contribution in [3.8, 4) is 11.1 Å². The lowest BCUT2D eigenvalue weighted by Gasteiger charge is -2.26. The molecule has 0 saturated heterocycles.